The van der Waals surface area contributed by atoms with Crippen LogP contribution >= 0.6 is 0 Å². The maximum Gasteiger partial charge on any atom is 0.240 e. The predicted molar refractivity (Wildman–Crippen MR) is 65.6 cm³/mol. The monoisotopic (exact) mass is 238 g/mol. The van der Waals surface area contributed by atoms with Crippen LogP contribution in [0.25, 0.3) is 0 Å². The van der Waals surface area contributed by atoms with Crippen LogP contribution in [0, 0.1) is 12.8 Å². The molecule has 17 heavy (non-hydrogen) atoms. The average Bonchev–Trinajstić information content (AvgIpc) is 2.74. The second-order valence-corrected chi connectivity index (χ2v) is 4.85. The highest BCUT2D eigenvalue weighted by atomic mass is 16.5. The van der Waals surface area contributed by atoms with Crippen LogP contribution in [0.5, 0.6) is 0 Å². The van der Waals surface area contributed by atoms with Crippen molar-refractivity contribution in [1.82, 2.24) is 20.4 Å². The molecule has 5 heteroatoms. The van der Waals surface area contributed by atoms with Crippen molar-refractivity contribution < 1.29 is 4.52 Å². The molecule has 1 fully saturated rings. The minimum absolute atomic E-state index is 0.726. The predicted octanol–water partition coefficient (Wildman–Crippen LogP) is 1.20. The lowest BCUT2D eigenvalue weighted by Crippen LogP contribution is -2.34. The fourth-order valence-electron chi connectivity index (χ4n) is 2.38. The van der Waals surface area contributed by atoms with Gasteiger partial charge in [0.25, 0.3) is 0 Å². The van der Waals surface area contributed by atoms with Gasteiger partial charge in [-0.3, -0.25) is 4.90 Å². The topological polar surface area (TPSA) is 54.2 Å². The Bertz CT molecular complexity index is 331. The van der Waals surface area contributed by atoms with Crippen molar-refractivity contribution in [3.05, 3.63) is 11.7 Å². The molecule has 0 bridgehead atoms. The highest BCUT2D eigenvalue weighted by Gasteiger charge is 2.20. The first-order valence-corrected chi connectivity index (χ1v) is 6.44. The van der Waals surface area contributed by atoms with Gasteiger partial charge >= 0.3 is 0 Å². The lowest BCUT2D eigenvalue weighted by molar-refractivity contribution is 0.155. The summed E-state index contributed by atoms with van der Waals surface area (Å²) in [5.74, 6) is 2.35. The van der Waals surface area contributed by atoms with Gasteiger partial charge in [0.1, 0.15) is 0 Å². The Balaban J connectivity index is 1.72. The summed E-state index contributed by atoms with van der Waals surface area (Å²) in [6.45, 7) is 6.09. The molecule has 0 atom stereocenters. The van der Waals surface area contributed by atoms with Crippen LogP contribution in [-0.4, -0.2) is 41.7 Å². The standard InChI is InChI=1S/C12H22N4O/c1-10-14-12(17-15-10)9-16-7-4-11(5-8-16)3-6-13-2/h11,13H,3-9H2,1-2H3. The van der Waals surface area contributed by atoms with E-state index >= 15 is 0 Å². The normalized spacial score (nSPS) is 18.7. The SMILES string of the molecule is CNCCC1CCN(Cc2nc(C)no2)CC1. The molecule has 0 spiro atoms. The van der Waals surface area contributed by atoms with E-state index in [4.69, 9.17) is 4.52 Å². The average molecular weight is 238 g/mol. The van der Waals surface area contributed by atoms with Crippen LogP contribution in [0.15, 0.2) is 4.52 Å². The van der Waals surface area contributed by atoms with Crippen molar-refractivity contribution in [2.45, 2.75) is 32.7 Å². The number of aryl methyl sites for hydroxylation is 1. The number of piperidine rings is 1. The van der Waals surface area contributed by atoms with Gasteiger partial charge in [0, 0.05) is 0 Å². The van der Waals surface area contributed by atoms with Gasteiger partial charge in [0.2, 0.25) is 5.89 Å². The fourth-order valence-corrected chi connectivity index (χ4v) is 2.38. The quantitative estimate of drug-likeness (QED) is 0.835. The number of hydrogen-bond donors (Lipinski definition) is 1. The molecule has 0 aromatic carbocycles. The van der Waals surface area contributed by atoms with Crippen LogP contribution < -0.4 is 5.32 Å². The van der Waals surface area contributed by atoms with Crippen molar-refractivity contribution in [3.8, 4) is 0 Å². The number of rotatable bonds is 5. The Morgan fingerprint density at radius 2 is 2.18 bits per heavy atom. The zero-order valence-electron chi connectivity index (χ0n) is 10.8. The summed E-state index contributed by atoms with van der Waals surface area (Å²) >= 11 is 0. The van der Waals surface area contributed by atoms with E-state index in [2.05, 4.69) is 20.4 Å². The molecule has 0 radical (unpaired) electrons. The molecular formula is C12H22N4O. The van der Waals surface area contributed by atoms with Gasteiger partial charge in [0.15, 0.2) is 5.82 Å². The zero-order valence-corrected chi connectivity index (χ0v) is 10.8. The lowest BCUT2D eigenvalue weighted by Gasteiger charge is -2.30. The van der Waals surface area contributed by atoms with E-state index in [1.165, 1.54) is 19.3 Å². The molecule has 1 aromatic heterocycles. The smallest absolute Gasteiger partial charge is 0.240 e. The van der Waals surface area contributed by atoms with Crippen LogP contribution in [-0.2, 0) is 6.54 Å². The third-order valence-corrected chi connectivity index (χ3v) is 3.44. The highest BCUT2D eigenvalue weighted by Crippen LogP contribution is 2.20. The molecule has 0 saturated carbocycles. The molecule has 5 nitrogen and oxygen atoms in total. The molecule has 1 N–H and O–H groups in total. The van der Waals surface area contributed by atoms with Gasteiger partial charge < -0.3 is 9.84 Å². The summed E-state index contributed by atoms with van der Waals surface area (Å²) in [6.07, 6.45) is 3.87. The van der Waals surface area contributed by atoms with Gasteiger partial charge in [-0.25, -0.2) is 0 Å². The number of likely N-dealkylation sites (tertiary alicyclic amines) is 1. The first-order valence-electron chi connectivity index (χ1n) is 6.44. The van der Waals surface area contributed by atoms with Gasteiger partial charge in [0.05, 0.1) is 6.54 Å². The molecule has 1 aliphatic rings. The fraction of sp³-hybridized carbons (Fsp3) is 0.833. The number of hydrogen-bond acceptors (Lipinski definition) is 5. The first kappa shape index (κ1) is 12.5. The van der Waals surface area contributed by atoms with E-state index in [-0.39, 0.29) is 0 Å². The molecule has 2 rings (SSSR count). The van der Waals surface area contributed by atoms with Crippen LogP contribution in [0.2, 0.25) is 0 Å². The lowest BCUT2D eigenvalue weighted by atomic mass is 9.93. The van der Waals surface area contributed by atoms with Crippen molar-refractivity contribution in [1.29, 1.82) is 0 Å². The third-order valence-electron chi connectivity index (χ3n) is 3.44. The van der Waals surface area contributed by atoms with Crippen molar-refractivity contribution >= 4 is 0 Å². The minimum Gasteiger partial charge on any atom is -0.338 e. The molecule has 1 aliphatic heterocycles. The van der Waals surface area contributed by atoms with Crippen LogP contribution in [0.3, 0.4) is 0 Å². The maximum absolute atomic E-state index is 5.15. The summed E-state index contributed by atoms with van der Waals surface area (Å²) in [5.41, 5.74) is 0. The summed E-state index contributed by atoms with van der Waals surface area (Å²) < 4.78 is 5.15. The molecule has 0 aliphatic carbocycles. The Morgan fingerprint density at radius 1 is 1.41 bits per heavy atom. The second kappa shape index (κ2) is 6.12. The summed E-state index contributed by atoms with van der Waals surface area (Å²) in [7, 11) is 2.02. The largest absolute Gasteiger partial charge is 0.338 e. The van der Waals surface area contributed by atoms with E-state index in [0.29, 0.717) is 0 Å². The van der Waals surface area contributed by atoms with Crippen molar-refractivity contribution in [2.75, 3.05) is 26.7 Å². The Kier molecular flexibility index (Phi) is 4.50. The summed E-state index contributed by atoms with van der Waals surface area (Å²) in [4.78, 5) is 6.65. The molecule has 0 amide bonds. The maximum atomic E-state index is 5.15. The minimum atomic E-state index is 0.726. The van der Waals surface area contributed by atoms with E-state index in [1.807, 2.05) is 14.0 Å². The molecule has 2 heterocycles. The van der Waals surface area contributed by atoms with Gasteiger partial charge in [-0.15, -0.1) is 0 Å². The highest BCUT2D eigenvalue weighted by molar-refractivity contribution is 4.84. The first-order chi connectivity index (χ1) is 8.28. The Morgan fingerprint density at radius 3 is 2.76 bits per heavy atom. The molecule has 1 saturated heterocycles. The summed E-state index contributed by atoms with van der Waals surface area (Å²) in [6, 6.07) is 0. The zero-order chi connectivity index (χ0) is 12.1. The molecular weight excluding hydrogens is 216 g/mol. The van der Waals surface area contributed by atoms with Gasteiger partial charge in [-0.1, -0.05) is 5.16 Å². The number of nitrogens with one attached hydrogen (secondary N) is 1. The molecule has 1 aromatic rings. The van der Waals surface area contributed by atoms with Crippen molar-refractivity contribution in [3.63, 3.8) is 0 Å². The Hall–Kier alpha value is -0.940. The van der Waals surface area contributed by atoms with Crippen molar-refractivity contribution in [2.24, 2.45) is 5.92 Å². The third kappa shape index (κ3) is 3.78. The van der Waals surface area contributed by atoms with Gasteiger partial charge in [-0.2, -0.15) is 4.98 Å². The summed E-state index contributed by atoms with van der Waals surface area (Å²) in [5, 5.41) is 7.04. The number of nitrogens with zero attached hydrogens (tertiary/aromatic N) is 3. The Labute approximate surface area is 103 Å². The van der Waals surface area contributed by atoms with E-state index < -0.39 is 0 Å². The molecule has 96 valence electrons. The van der Waals surface area contributed by atoms with E-state index in [1.54, 1.807) is 0 Å². The number of aromatic nitrogens is 2. The van der Waals surface area contributed by atoms with E-state index in [9.17, 15) is 0 Å². The molecule has 0 unspecified atom stereocenters. The second-order valence-electron chi connectivity index (χ2n) is 4.85. The van der Waals surface area contributed by atoms with Gasteiger partial charge in [-0.05, 0) is 58.8 Å². The van der Waals surface area contributed by atoms with Crippen LogP contribution in [0.4, 0.5) is 0 Å². The van der Waals surface area contributed by atoms with E-state index in [0.717, 1.165) is 43.8 Å². The van der Waals surface area contributed by atoms with Crippen LogP contribution in [0.1, 0.15) is 31.0 Å².